The van der Waals surface area contributed by atoms with Crippen LogP contribution in [0.15, 0.2) is 72.8 Å². The molecular formula is C29H32N4O2. The van der Waals surface area contributed by atoms with Crippen molar-refractivity contribution in [1.82, 2.24) is 9.88 Å². The molecule has 0 saturated heterocycles. The molecule has 0 spiro atoms. The van der Waals surface area contributed by atoms with E-state index in [4.69, 9.17) is 10.1 Å². The number of fused-ring (bicyclic) bond motifs is 1. The first kappa shape index (κ1) is 24.1. The Labute approximate surface area is 206 Å². The maximum atomic E-state index is 12.3. The van der Waals surface area contributed by atoms with Gasteiger partial charge in [0.25, 0.3) is 0 Å². The molecule has 0 bridgehead atoms. The Morgan fingerprint density at radius 1 is 1.06 bits per heavy atom. The van der Waals surface area contributed by atoms with Gasteiger partial charge in [-0.3, -0.25) is 0 Å². The van der Waals surface area contributed by atoms with E-state index in [9.17, 15) is 4.79 Å². The van der Waals surface area contributed by atoms with E-state index in [1.165, 1.54) is 11.8 Å². The number of hydrogen-bond acceptors (Lipinski definition) is 3. The molecule has 4 aromatic rings. The van der Waals surface area contributed by atoms with Crippen LogP contribution in [-0.2, 0) is 6.42 Å². The van der Waals surface area contributed by atoms with Crippen molar-refractivity contribution in [2.45, 2.75) is 33.2 Å². The Bertz CT molecular complexity index is 1310. The first-order valence-electron chi connectivity index (χ1n) is 12.0. The third-order valence-corrected chi connectivity index (χ3v) is 5.94. The third kappa shape index (κ3) is 5.38. The maximum Gasteiger partial charge on any atom is 0.319 e. The molecule has 0 saturated carbocycles. The standard InChI is InChI=1S/C29H32N4O2/c1-4-35-24-14-15-25-26(19-30)28(33(20(2)3)27(25)18-24)22-10-12-23(13-11-22)32-29(34)31-17-16-21-8-6-5-7-9-21/h5-15,18-20,30H,4,16-17H2,1-3H3,(H2,31,32,34). The van der Waals surface area contributed by atoms with E-state index in [0.717, 1.165) is 39.9 Å². The summed E-state index contributed by atoms with van der Waals surface area (Å²) in [6.45, 7) is 7.42. The summed E-state index contributed by atoms with van der Waals surface area (Å²) in [7, 11) is 0. The number of ether oxygens (including phenoxy) is 1. The van der Waals surface area contributed by atoms with Gasteiger partial charge in [0.1, 0.15) is 5.75 Å². The molecule has 0 aliphatic carbocycles. The fraction of sp³-hybridized carbons (Fsp3) is 0.241. The predicted octanol–water partition coefficient (Wildman–Crippen LogP) is 6.65. The zero-order valence-corrected chi connectivity index (χ0v) is 20.5. The van der Waals surface area contributed by atoms with Gasteiger partial charge < -0.3 is 25.3 Å². The van der Waals surface area contributed by atoms with E-state index in [-0.39, 0.29) is 12.1 Å². The van der Waals surface area contributed by atoms with Crippen molar-refractivity contribution in [3.63, 3.8) is 0 Å². The van der Waals surface area contributed by atoms with Crippen LogP contribution in [0.25, 0.3) is 22.2 Å². The SMILES string of the molecule is CCOc1ccc2c(C=N)c(-c3ccc(NC(=O)NCCc4ccccc4)cc3)n(C(C)C)c2c1. The number of hydrogen-bond donors (Lipinski definition) is 3. The maximum absolute atomic E-state index is 12.3. The number of carbonyl (C=O) groups is 1. The number of rotatable bonds is 9. The van der Waals surface area contributed by atoms with Crippen LogP contribution in [0.3, 0.4) is 0 Å². The molecular weight excluding hydrogens is 436 g/mol. The molecule has 1 heterocycles. The van der Waals surface area contributed by atoms with Gasteiger partial charge in [0, 0.05) is 41.5 Å². The minimum atomic E-state index is -0.228. The number of aromatic nitrogens is 1. The second-order valence-electron chi connectivity index (χ2n) is 8.68. The van der Waals surface area contributed by atoms with Crippen LogP contribution in [0, 0.1) is 5.41 Å². The molecule has 35 heavy (non-hydrogen) atoms. The van der Waals surface area contributed by atoms with Gasteiger partial charge >= 0.3 is 6.03 Å². The van der Waals surface area contributed by atoms with Crippen LogP contribution < -0.4 is 15.4 Å². The van der Waals surface area contributed by atoms with E-state index in [2.05, 4.69) is 41.2 Å². The zero-order chi connectivity index (χ0) is 24.8. The van der Waals surface area contributed by atoms with Crippen LogP contribution in [-0.4, -0.2) is 30.0 Å². The fourth-order valence-electron chi connectivity index (χ4n) is 4.40. The van der Waals surface area contributed by atoms with E-state index in [1.807, 2.05) is 67.6 Å². The summed E-state index contributed by atoms with van der Waals surface area (Å²) in [6, 6.07) is 23.8. The molecule has 3 aromatic carbocycles. The minimum absolute atomic E-state index is 0.186. The van der Waals surface area contributed by atoms with Crippen LogP contribution >= 0.6 is 0 Å². The second-order valence-corrected chi connectivity index (χ2v) is 8.68. The predicted molar refractivity (Wildman–Crippen MR) is 144 cm³/mol. The molecule has 0 fully saturated rings. The van der Waals surface area contributed by atoms with E-state index >= 15 is 0 Å². The lowest BCUT2D eigenvalue weighted by atomic mass is 10.1. The van der Waals surface area contributed by atoms with Gasteiger partial charge in [-0.25, -0.2) is 4.79 Å². The summed E-state index contributed by atoms with van der Waals surface area (Å²) < 4.78 is 7.97. The van der Waals surface area contributed by atoms with Crippen molar-refractivity contribution in [1.29, 1.82) is 5.41 Å². The van der Waals surface area contributed by atoms with Gasteiger partial charge in [-0.2, -0.15) is 0 Å². The Morgan fingerprint density at radius 3 is 2.46 bits per heavy atom. The summed E-state index contributed by atoms with van der Waals surface area (Å²) in [4.78, 5) is 12.3. The van der Waals surface area contributed by atoms with Crippen molar-refractivity contribution in [3.8, 4) is 17.0 Å². The van der Waals surface area contributed by atoms with Gasteiger partial charge in [-0.1, -0.05) is 42.5 Å². The largest absolute Gasteiger partial charge is 0.494 e. The average molecular weight is 469 g/mol. The van der Waals surface area contributed by atoms with Crippen molar-refractivity contribution in [2.24, 2.45) is 0 Å². The number of urea groups is 1. The molecule has 180 valence electrons. The van der Waals surface area contributed by atoms with Gasteiger partial charge in [-0.05, 0) is 62.6 Å². The first-order valence-corrected chi connectivity index (χ1v) is 12.0. The van der Waals surface area contributed by atoms with Crippen molar-refractivity contribution in [2.75, 3.05) is 18.5 Å². The van der Waals surface area contributed by atoms with Gasteiger partial charge in [-0.15, -0.1) is 0 Å². The summed E-state index contributed by atoms with van der Waals surface area (Å²) >= 11 is 0. The quantitative estimate of drug-likeness (QED) is 0.240. The van der Waals surface area contributed by atoms with Gasteiger partial charge in [0.15, 0.2) is 0 Å². The fourth-order valence-corrected chi connectivity index (χ4v) is 4.40. The minimum Gasteiger partial charge on any atom is -0.494 e. The molecule has 4 rings (SSSR count). The molecule has 0 aliphatic rings. The smallest absolute Gasteiger partial charge is 0.319 e. The second kappa shape index (κ2) is 10.9. The Kier molecular flexibility index (Phi) is 7.51. The van der Waals surface area contributed by atoms with Crippen LogP contribution in [0.2, 0.25) is 0 Å². The van der Waals surface area contributed by atoms with Crippen LogP contribution in [0.1, 0.15) is 37.9 Å². The summed E-state index contributed by atoms with van der Waals surface area (Å²) in [5.74, 6) is 0.820. The average Bonchev–Trinajstić information content (AvgIpc) is 3.19. The Hall–Kier alpha value is -4.06. The summed E-state index contributed by atoms with van der Waals surface area (Å²) in [5.41, 5.74) is 5.79. The van der Waals surface area contributed by atoms with Crippen LogP contribution in [0.4, 0.5) is 10.5 Å². The number of benzene rings is 3. The van der Waals surface area contributed by atoms with Gasteiger partial charge in [0.2, 0.25) is 0 Å². The highest BCUT2D eigenvalue weighted by Gasteiger charge is 2.20. The van der Waals surface area contributed by atoms with Gasteiger partial charge in [0.05, 0.1) is 17.8 Å². The molecule has 6 nitrogen and oxygen atoms in total. The highest BCUT2D eigenvalue weighted by Crippen LogP contribution is 2.37. The number of carbonyl (C=O) groups excluding carboxylic acids is 1. The lowest BCUT2D eigenvalue weighted by Crippen LogP contribution is -2.30. The molecule has 0 aliphatic heterocycles. The first-order chi connectivity index (χ1) is 17.0. The Morgan fingerprint density at radius 2 is 1.80 bits per heavy atom. The summed E-state index contributed by atoms with van der Waals surface area (Å²) in [6.07, 6.45) is 2.20. The molecule has 0 radical (unpaired) electrons. The molecule has 1 aromatic heterocycles. The highest BCUT2D eigenvalue weighted by molar-refractivity contribution is 6.06. The molecule has 2 amide bonds. The number of amides is 2. The molecule has 6 heteroatoms. The van der Waals surface area contributed by atoms with Crippen molar-refractivity contribution >= 4 is 28.8 Å². The topological polar surface area (TPSA) is 79.1 Å². The number of nitrogens with one attached hydrogen (secondary N) is 3. The third-order valence-electron chi connectivity index (χ3n) is 5.94. The Balaban J connectivity index is 1.54. The van der Waals surface area contributed by atoms with Crippen molar-refractivity contribution < 1.29 is 9.53 Å². The molecule has 3 N–H and O–H groups in total. The normalized spacial score (nSPS) is 11.0. The van der Waals surface area contributed by atoms with E-state index in [0.29, 0.717) is 18.8 Å². The molecule has 0 atom stereocenters. The summed E-state index contributed by atoms with van der Waals surface area (Å²) in [5, 5.41) is 15.0. The highest BCUT2D eigenvalue weighted by atomic mass is 16.5. The van der Waals surface area contributed by atoms with Crippen LogP contribution in [0.5, 0.6) is 5.75 Å². The lowest BCUT2D eigenvalue weighted by Gasteiger charge is -2.16. The van der Waals surface area contributed by atoms with E-state index < -0.39 is 0 Å². The lowest BCUT2D eigenvalue weighted by molar-refractivity contribution is 0.252. The monoisotopic (exact) mass is 468 g/mol. The van der Waals surface area contributed by atoms with Crippen molar-refractivity contribution in [3.05, 3.63) is 83.9 Å². The zero-order valence-electron chi connectivity index (χ0n) is 20.5. The number of anilines is 1. The van der Waals surface area contributed by atoms with E-state index in [1.54, 1.807) is 0 Å². The molecule has 0 unspecified atom stereocenters. The number of nitrogens with zero attached hydrogens (tertiary/aromatic N) is 1.